The zero-order valence-electron chi connectivity index (χ0n) is 12.1. The molecule has 112 valence electrons. The van der Waals surface area contributed by atoms with Crippen LogP contribution < -0.4 is 29.6 Å². The maximum atomic E-state index is 13.0. The van der Waals surface area contributed by atoms with Gasteiger partial charge < -0.3 is 4.55 Å². The van der Waals surface area contributed by atoms with Gasteiger partial charge in [-0.05, 0) is 47.5 Å². The zero-order valence-corrected chi connectivity index (χ0v) is 15.6. The van der Waals surface area contributed by atoms with Crippen molar-refractivity contribution in [2.75, 3.05) is 0 Å². The van der Waals surface area contributed by atoms with Crippen LogP contribution in [0.4, 0.5) is 4.39 Å². The molecule has 23 heavy (non-hydrogen) atoms. The van der Waals surface area contributed by atoms with Crippen LogP contribution in [0, 0.1) is 5.82 Å². The smallest absolute Gasteiger partial charge is 0.768 e. The predicted molar refractivity (Wildman–Crippen MR) is 81.2 cm³/mol. The van der Waals surface area contributed by atoms with E-state index in [2.05, 4.69) is 5.10 Å². The Kier molecular flexibility index (Phi) is 6.13. The molecule has 1 heterocycles. The summed E-state index contributed by atoms with van der Waals surface area (Å²) in [5.74, 6) is -0.342. The third-order valence-electron chi connectivity index (χ3n) is 3.09. The largest absolute Gasteiger partial charge is 1.00 e. The van der Waals surface area contributed by atoms with Crippen molar-refractivity contribution in [2.45, 2.75) is 4.90 Å². The van der Waals surface area contributed by atoms with Gasteiger partial charge >= 0.3 is 29.6 Å². The fraction of sp³-hybridized carbons (Fsp3) is 0. The van der Waals surface area contributed by atoms with Crippen molar-refractivity contribution in [1.82, 2.24) is 9.78 Å². The van der Waals surface area contributed by atoms with Gasteiger partial charge in [0, 0.05) is 16.5 Å². The van der Waals surface area contributed by atoms with Crippen LogP contribution in [0.3, 0.4) is 0 Å². The number of halogens is 2. The van der Waals surface area contributed by atoms with E-state index >= 15 is 0 Å². The Morgan fingerprint density at radius 3 is 2.26 bits per heavy atom. The molecule has 8 heteroatoms. The molecule has 1 unspecified atom stereocenters. The van der Waals surface area contributed by atoms with Crippen LogP contribution in [0.1, 0.15) is 0 Å². The first-order valence-corrected chi connectivity index (χ1v) is 7.71. The van der Waals surface area contributed by atoms with E-state index in [0.717, 1.165) is 5.56 Å². The van der Waals surface area contributed by atoms with Crippen molar-refractivity contribution in [3.63, 3.8) is 0 Å². The molecular weight excluding hydrogens is 350 g/mol. The Morgan fingerprint density at radius 2 is 1.70 bits per heavy atom. The molecule has 0 aliphatic carbocycles. The van der Waals surface area contributed by atoms with Crippen molar-refractivity contribution in [3.05, 3.63) is 65.6 Å². The maximum Gasteiger partial charge on any atom is 1.00 e. The maximum absolute atomic E-state index is 13.0. The van der Waals surface area contributed by atoms with Gasteiger partial charge in [0.25, 0.3) is 0 Å². The van der Waals surface area contributed by atoms with Crippen molar-refractivity contribution >= 4 is 22.7 Å². The first-order valence-electron chi connectivity index (χ1n) is 6.26. The zero-order chi connectivity index (χ0) is 15.7. The molecule has 4 nitrogen and oxygen atoms in total. The summed E-state index contributed by atoms with van der Waals surface area (Å²) in [6, 6.07) is 13.8. The molecule has 0 N–H and O–H groups in total. The summed E-state index contributed by atoms with van der Waals surface area (Å²) in [5, 5.41) is 4.47. The molecule has 2 aromatic carbocycles. The quantitative estimate of drug-likeness (QED) is 0.508. The van der Waals surface area contributed by atoms with Crippen LogP contribution in [0.25, 0.3) is 16.9 Å². The number of aromatic nitrogens is 2. The summed E-state index contributed by atoms with van der Waals surface area (Å²) in [5.41, 5.74) is 2.08. The van der Waals surface area contributed by atoms with E-state index < -0.39 is 11.1 Å². The van der Waals surface area contributed by atoms with Crippen molar-refractivity contribution in [2.24, 2.45) is 0 Å². The van der Waals surface area contributed by atoms with Crippen molar-refractivity contribution < 1.29 is 42.7 Å². The third-order valence-corrected chi connectivity index (χ3v) is 3.94. The molecule has 0 amide bonds. The topological polar surface area (TPSA) is 57.9 Å². The second kappa shape index (κ2) is 7.70. The van der Waals surface area contributed by atoms with Gasteiger partial charge in [-0.2, -0.15) is 5.10 Å². The third kappa shape index (κ3) is 4.09. The average molecular weight is 359 g/mol. The van der Waals surface area contributed by atoms with Crippen LogP contribution in [0.15, 0.2) is 59.5 Å². The van der Waals surface area contributed by atoms with Crippen LogP contribution >= 0.6 is 11.6 Å². The van der Waals surface area contributed by atoms with E-state index in [0.29, 0.717) is 11.4 Å². The second-order valence-corrected chi connectivity index (χ2v) is 5.83. The first kappa shape index (κ1) is 18.3. The summed E-state index contributed by atoms with van der Waals surface area (Å²) in [7, 11) is 0. The molecule has 1 atom stereocenters. The number of rotatable bonds is 3. The van der Waals surface area contributed by atoms with Gasteiger partial charge in [-0.25, -0.2) is 9.07 Å². The van der Waals surface area contributed by atoms with E-state index in [9.17, 15) is 13.2 Å². The van der Waals surface area contributed by atoms with Crippen LogP contribution in [0.2, 0.25) is 5.15 Å². The van der Waals surface area contributed by atoms with Gasteiger partial charge in [0.2, 0.25) is 0 Å². The van der Waals surface area contributed by atoms with E-state index in [-0.39, 0.29) is 45.4 Å². The van der Waals surface area contributed by atoms with Crippen LogP contribution in [-0.2, 0) is 11.1 Å². The van der Waals surface area contributed by atoms with Gasteiger partial charge in [-0.15, -0.1) is 0 Å². The van der Waals surface area contributed by atoms with Crippen molar-refractivity contribution in [1.29, 1.82) is 0 Å². The minimum atomic E-state index is -2.27. The number of benzene rings is 2. The Bertz CT molecular complexity index is 838. The second-order valence-electron chi connectivity index (χ2n) is 4.50. The molecule has 0 spiro atoms. The van der Waals surface area contributed by atoms with Crippen LogP contribution in [0.5, 0.6) is 0 Å². The van der Waals surface area contributed by atoms with E-state index in [1.54, 1.807) is 35.0 Å². The molecule has 0 saturated carbocycles. The monoisotopic (exact) mass is 358 g/mol. The van der Waals surface area contributed by atoms with Gasteiger partial charge in [0.1, 0.15) is 5.82 Å². The van der Waals surface area contributed by atoms with Crippen molar-refractivity contribution in [3.8, 4) is 16.9 Å². The summed E-state index contributed by atoms with van der Waals surface area (Å²) >= 11 is 3.70. The Hall–Kier alpha value is -1.02. The fourth-order valence-electron chi connectivity index (χ4n) is 2.07. The molecule has 0 aliphatic rings. The molecule has 0 radical (unpaired) electrons. The fourth-order valence-corrected chi connectivity index (χ4v) is 2.61. The molecule has 0 aliphatic heterocycles. The van der Waals surface area contributed by atoms with Crippen LogP contribution in [-0.4, -0.2) is 18.5 Å². The van der Waals surface area contributed by atoms with Gasteiger partial charge in [0.05, 0.1) is 11.4 Å². The van der Waals surface area contributed by atoms with E-state index in [1.807, 2.05) is 0 Å². The van der Waals surface area contributed by atoms with Gasteiger partial charge in [-0.3, -0.25) is 4.21 Å². The summed E-state index contributed by atoms with van der Waals surface area (Å²) < 4.78 is 36.4. The van der Waals surface area contributed by atoms with Gasteiger partial charge in [0.15, 0.2) is 5.15 Å². The van der Waals surface area contributed by atoms with E-state index in [1.165, 1.54) is 24.3 Å². The molecule has 3 rings (SSSR count). The first-order chi connectivity index (χ1) is 10.5. The molecule has 3 aromatic rings. The van der Waals surface area contributed by atoms with Gasteiger partial charge in [-0.1, -0.05) is 23.7 Å². The molecule has 0 bridgehead atoms. The number of nitrogens with zero attached hydrogens (tertiary/aromatic N) is 2. The average Bonchev–Trinajstić information content (AvgIpc) is 2.90. The molecule has 0 saturated heterocycles. The summed E-state index contributed by atoms with van der Waals surface area (Å²) in [4.78, 5) is 0.197. The Labute approximate surface area is 161 Å². The molecule has 0 fully saturated rings. The molecule has 1 aromatic heterocycles. The Morgan fingerprint density at radius 1 is 1.09 bits per heavy atom. The number of hydrogen-bond donors (Lipinski definition) is 0. The number of hydrogen-bond acceptors (Lipinski definition) is 3. The molecular formula is C15H9ClFN2NaO2S. The minimum absolute atomic E-state index is 0. The minimum Gasteiger partial charge on any atom is -0.768 e. The summed E-state index contributed by atoms with van der Waals surface area (Å²) in [6.07, 6.45) is 0. The SMILES string of the molecule is O=S([O-])c1ccc(-c2cc(Cl)nn2-c2ccc(F)cc2)cc1.[Na+]. The standard InChI is InChI=1S/C15H10ClFN2O2S.Na/c16-15-9-14(10-1-7-13(8-2-10)22(20)21)19(18-15)12-5-3-11(17)4-6-12;/h1-9H,(H,20,21);/q;+1/p-1. The Balaban J connectivity index is 0.00000192. The summed E-state index contributed by atoms with van der Waals surface area (Å²) in [6.45, 7) is 0. The van der Waals surface area contributed by atoms with E-state index in [4.69, 9.17) is 11.6 Å². The normalized spacial score (nSPS) is 11.8. The predicted octanol–water partition coefficient (Wildman–Crippen LogP) is 0.574.